The van der Waals surface area contributed by atoms with Crippen LogP contribution in [0.25, 0.3) is 33.3 Å². The first kappa shape index (κ1) is 20.3. The van der Waals surface area contributed by atoms with Gasteiger partial charge in [0.2, 0.25) is 0 Å². The summed E-state index contributed by atoms with van der Waals surface area (Å²) in [6.07, 6.45) is 7.17. The van der Waals surface area contributed by atoms with Gasteiger partial charge in [0.15, 0.2) is 0 Å². The molecule has 0 aliphatic carbocycles. The molecule has 32 heavy (non-hydrogen) atoms. The number of halogens is 1. The highest BCUT2D eigenvalue weighted by Crippen LogP contribution is 2.34. The van der Waals surface area contributed by atoms with E-state index in [2.05, 4.69) is 22.5 Å². The van der Waals surface area contributed by atoms with E-state index in [1.54, 1.807) is 10.7 Å². The molecule has 0 bridgehead atoms. The second kappa shape index (κ2) is 8.52. The standard InChI is InChI=1S/C26H24FN5/c1-32-16-22-11-20(6-7-25(22)31-32)26-23(19-4-5-21(13-28)24(27)12-19)10-18(15-30-26)3-2-17-8-9-29-14-17/h4-7,10-12,15-17,29H,2-3,8-9,14H2,1H3. The third-order valence-electron chi connectivity index (χ3n) is 6.24. The summed E-state index contributed by atoms with van der Waals surface area (Å²) in [5, 5.41) is 18.0. The fraction of sp³-hybridized carbons (Fsp3) is 0.269. The van der Waals surface area contributed by atoms with Crippen LogP contribution in [0.2, 0.25) is 0 Å². The number of hydrogen-bond acceptors (Lipinski definition) is 4. The van der Waals surface area contributed by atoms with Crippen LogP contribution in [-0.4, -0.2) is 27.9 Å². The predicted molar refractivity (Wildman–Crippen MR) is 123 cm³/mol. The molecule has 5 nitrogen and oxygen atoms in total. The monoisotopic (exact) mass is 425 g/mol. The molecule has 1 aliphatic rings. The average molecular weight is 426 g/mol. The summed E-state index contributed by atoms with van der Waals surface area (Å²) < 4.78 is 16.3. The third kappa shape index (κ3) is 4.00. The van der Waals surface area contributed by atoms with Crippen LogP contribution in [0.1, 0.15) is 24.0 Å². The Hall–Kier alpha value is -3.56. The Morgan fingerprint density at radius 1 is 1.19 bits per heavy atom. The van der Waals surface area contributed by atoms with Gasteiger partial charge in [-0.3, -0.25) is 9.67 Å². The van der Waals surface area contributed by atoms with Crippen LogP contribution < -0.4 is 5.32 Å². The molecule has 1 unspecified atom stereocenters. The molecule has 4 aromatic rings. The lowest BCUT2D eigenvalue weighted by atomic mass is 9.94. The van der Waals surface area contributed by atoms with Gasteiger partial charge in [-0.25, -0.2) is 4.39 Å². The van der Waals surface area contributed by atoms with Crippen LogP contribution in [-0.2, 0) is 13.5 Å². The number of aryl methyl sites for hydroxylation is 2. The molecule has 6 heteroatoms. The largest absolute Gasteiger partial charge is 0.316 e. The second-order valence-electron chi connectivity index (χ2n) is 8.52. The SMILES string of the molecule is Cn1cc2cc(-c3ncc(CCC4CCNC4)cc3-c3ccc(C#N)c(F)c3)ccc2n1. The topological polar surface area (TPSA) is 66.5 Å². The maximum Gasteiger partial charge on any atom is 0.141 e. The number of hydrogen-bond donors (Lipinski definition) is 1. The van der Waals surface area contributed by atoms with Crippen molar-refractivity contribution in [1.29, 1.82) is 5.26 Å². The van der Waals surface area contributed by atoms with Crippen LogP contribution in [0, 0.1) is 23.1 Å². The molecule has 1 fully saturated rings. The van der Waals surface area contributed by atoms with Crippen molar-refractivity contribution in [3.8, 4) is 28.5 Å². The highest BCUT2D eigenvalue weighted by atomic mass is 19.1. The minimum Gasteiger partial charge on any atom is -0.316 e. The van der Waals surface area contributed by atoms with E-state index in [1.807, 2.05) is 37.6 Å². The highest BCUT2D eigenvalue weighted by molar-refractivity contribution is 5.88. The quantitative estimate of drug-likeness (QED) is 0.496. The van der Waals surface area contributed by atoms with E-state index >= 15 is 0 Å². The van der Waals surface area contributed by atoms with E-state index in [1.165, 1.54) is 18.6 Å². The van der Waals surface area contributed by atoms with Gasteiger partial charge in [-0.1, -0.05) is 12.1 Å². The maximum atomic E-state index is 14.5. The number of pyridine rings is 1. The van der Waals surface area contributed by atoms with Crippen LogP contribution in [0.15, 0.2) is 54.9 Å². The summed E-state index contributed by atoms with van der Waals surface area (Å²) in [4.78, 5) is 4.83. The molecule has 0 radical (unpaired) electrons. The van der Waals surface area contributed by atoms with E-state index < -0.39 is 5.82 Å². The first-order valence-electron chi connectivity index (χ1n) is 10.9. The number of benzene rings is 2. The molecule has 3 heterocycles. The number of rotatable bonds is 5. The van der Waals surface area contributed by atoms with E-state index in [0.717, 1.165) is 64.8 Å². The van der Waals surface area contributed by atoms with Crippen LogP contribution in [0.4, 0.5) is 4.39 Å². The van der Waals surface area contributed by atoms with Gasteiger partial charge in [0.25, 0.3) is 0 Å². The fourth-order valence-electron chi connectivity index (χ4n) is 4.50. The lowest BCUT2D eigenvalue weighted by Gasteiger charge is -2.14. The van der Waals surface area contributed by atoms with Crippen molar-refractivity contribution in [2.75, 3.05) is 13.1 Å². The predicted octanol–water partition coefficient (Wildman–Crippen LogP) is 4.86. The van der Waals surface area contributed by atoms with Gasteiger partial charge in [-0.05, 0) is 79.7 Å². The maximum absolute atomic E-state index is 14.5. The number of nitrogens with one attached hydrogen (secondary N) is 1. The fourth-order valence-corrected chi connectivity index (χ4v) is 4.50. The van der Waals surface area contributed by atoms with Crippen molar-refractivity contribution < 1.29 is 4.39 Å². The third-order valence-corrected chi connectivity index (χ3v) is 6.24. The summed E-state index contributed by atoms with van der Waals surface area (Å²) >= 11 is 0. The van der Waals surface area contributed by atoms with Crippen molar-refractivity contribution in [2.45, 2.75) is 19.3 Å². The molecule has 1 atom stereocenters. The van der Waals surface area contributed by atoms with Gasteiger partial charge in [-0.15, -0.1) is 0 Å². The first-order valence-corrected chi connectivity index (χ1v) is 10.9. The Bertz CT molecular complexity index is 1330. The van der Waals surface area contributed by atoms with Crippen molar-refractivity contribution in [3.63, 3.8) is 0 Å². The smallest absolute Gasteiger partial charge is 0.141 e. The molecular formula is C26H24FN5. The van der Waals surface area contributed by atoms with Crippen molar-refractivity contribution in [3.05, 3.63) is 71.8 Å². The van der Waals surface area contributed by atoms with E-state index in [9.17, 15) is 4.39 Å². The minimum absolute atomic E-state index is 0.0462. The number of nitriles is 1. The molecule has 160 valence electrons. The lowest BCUT2D eigenvalue weighted by molar-refractivity contribution is 0.532. The molecule has 1 aliphatic heterocycles. The van der Waals surface area contributed by atoms with Crippen molar-refractivity contribution in [2.24, 2.45) is 13.0 Å². The Morgan fingerprint density at radius 3 is 2.84 bits per heavy atom. The molecule has 1 saturated heterocycles. The Balaban J connectivity index is 1.57. The zero-order chi connectivity index (χ0) is 22.1. The molecule has 1 N–H and O–H groups in total. The van der Waals surface area contributed by atoms with Crippen LogP contribution in [0.5, 0.6) is 0 Å². The van der Waals surface area contributed by atoms with Crippen molar-refractivity contribution in [1.82, 2.24) is 20.1 Å². The zero-order valence-electron chi connectivity index (χ0n) is 18.0. The van der Waals surface area contributed by atoms with E-state index in [4.69, 9.17) is 10.2 Å². The number of fused-ring (bicyclic) bond motifs is 1. The molecular weight excluding hydrogens is 401 g/mol. The summed E-state index contributed by atoms with van der Waals surface area (Å²) in [6, 6.07) is 14.9. The Labute approximate surface area is 186 Å². The average Bonchev–Trinajstić information content (AvgIpc) is 3.45. The zero-order valence-corrected chi connectivity index (χ0v) is 18.0. The van der Waals surface area contributed by atoms with Crippen molar-refractivity contribution >= 4 is 10.9 Å². The normalized spacial score (nSPS) is 15.8. The van der Waals surface area contributed by atoms with Crippen LogP contribution in [0.3, 0.4) is 0 Å². The Kier molecular flexibility index (Phi) is 5.42. The molecule has 0 amide bonds. The summed E-state index contributed by atoms with van der Waals surface area (Å²) in [7, 11) is 1.90. The van der Waals surface area contributed by atoms with E-state index in [0.29, 0.717) is 5.92 Å². The molecule has 2 aromatic heterocycles. The van der Waals surface area contributed by atoms with Gasteiger partial charge in [0, 0.05) is 36.0 Å². The lowest BCUT2D eigenvalue weighted by Crippen LogP contribution is -2.09. The molecule has 0 spiro atoms. The molecule has 5 rings (SSSR count). The van der Waals surface area contributed by atoms with Gasteiger partial charge < -0.3 is 5.32 Å². The number of aromatic nitrogens is 3. The highest BCUT2D eigenvalue weighted by Gasteiger charge is 2.17. The molecule has 2 aromatic carbocycles. The van der Waals surface area contributed by atoms with Gasteiger partial charge in [0.1, 0.15) is 11.9 Å². The van der Waals surface area contributed by atoms with Gasteiger partial charge >= 0.3 is 0 Å². The number of nitrogens with zero attached hydrogens (tertiary/aromatic N) is 4. The first-order chi connectivity index (χ1) is 15.6. The van der Waals surface area contributed by atoms with E-state index in [-0.39, 0.29) is 5.56 Å². The summed E-state index contributed by atoms with van der Waals surface area (Å²) in [5.41, 5.74) is 5.46. The summed E-state index contributed by atoms with van der Waals surface area (Å²) in [5.74, 6) is 0.180. The second-order valence-corrected chi connectivity index (χ2v) is 8.52. The molecule has 0 saturated carbocycles. The van der Waals surface area contributed by atoms with Crippen LogP contribution >= 0.6 is 0 Å². The summed E-state index contributed by atoms with van der Waals surface area (Å²) in [6.45, 7) is 2.17. The Morgan fingerprint density at radius 2 is 2.06 bits per heavy atom. The minimum atomic E-state index is -0.513. The van der Waals surface area contributed by atoms with Gasteiger partial charge in [-0.2, -0.15) is 10.4 Å². The van der Waals surface area contributed by atoms with Gasteiger partial charge in [0.05, 0.1) is 16.8 Å².